The second-order valence-electron chi connectivity index (χ2n) is 4.86. The number of thiazole rings is 1. The van der Waals surface area contributed by atoms with Crippen LogP contribution in [0.5, 0.6) is 0 Å². The predicted octanol–water partition coefficient (Wildman–Crippen LogP) is 5.85. The molecule has 0 atom stereocenters. The first-order valence-corrected chi connectivity index (χ1v) is 7.56. The number of aromatic nitrogens is 1. The van der Waals surface area contributed by atoms with Gasteiger partial charge in [0, 0.05) is 22.7 Å². The summed E-state index contributed by atoms with van der Waals surface area (Å²) >= 11 is 1.16. The molecule has 0 saturated carbocycles. The SMILES string of the molecule is Fc1ccc(-c2csc(Nc3ccc(C(F)(F)F)cc3)n2)c(F)c1. The van der Waals surface area contributed by atoms with E-state index < -0.39 is 23.4 Å². The topological polar surface area (TPSA) is 24.9 Å². The summed E-state index contributed by atoms with van der Waals surface area (Å²) in [6, 6.07) is 7.64. The highest BCUT2D eigenvalue weighted by Gasteiger charge is 2.29. The lowest BCUT2D eigenvalue weighted by atomic mass is 10.1. The number of halogens is 5. The number of hydrogen-bond donors (Lipinski definition) is 1. The van der Waals surface area contributed by atoms with Crippen molar-refractivity contribution in [3.05, 3.63) is 65.0 Å². The van der Waals surface area contributed by atoms with Gasteiger partial charge >= 0.3 is 6.18 Å². The number of nitrogens with zero attached hydrogens (tertiary/aromatic N) is 1. The summed E-state index contributed by atoms with van der Waals surface area (Å²) in [5.41, 5.74) is 0.129. The van der Waals surface area contributed by atoms with Gasteiger partial charge in [0.05, 0.1) is 11.3 Å². The maximum atomic E-state index is 13.7. The first-order chi connectivity index (χ1) is 11.3. The molecule has 2 aromatic carbocycles. The second kappa shape index (κ2) is 6.20. The monoisotopic (exact) mass is 356 g/mol. The molecular weight excluding hydrogens is 347 g/mol. The molecule has 8 heteroatoms. The Balaban J connectivity index is 1.79. The molecule has 0 unspecified atom stereocenters. The molecule has 24 heavy (non-hydrogen) atoms. The number of rotatable bonds is 3. The van der Waals surface area contributed by atoms with Gasteiger partial charge in [0.25, 0.3) is 0 Å². The Morgan fingerprint density at radius 2 is 1.67 bits per heavy atom. The van der Waals surface area contributed by atoms with Crippen LogP contribution in [0.15, 0.2) is 47.8 Å². The van der Waals surface area contributed by atoms with E-state index in [4.69, 9.17) is 0 Å². The molecule has 0 fully saturated rings. The zero-order chi connectivity index (χ0) is 17.3. The lowest BCUT2D eigenvalue weighted by Gasteiger charge is -2.07. The van der Waals surface area contributed by atoms with E-state index in [-0.39, 0.29) is 5.56 Å². The predicted molar refractivity (Wildman–Crippen MR) is 82.2 cm³/mol. The molecule has 0 saturated heterocycles. The lowest BCUT2D eigenvalue weighted by Crippen LogP contribution is -2.04. The summed E-state index contributed by atoms with van der Waals surface area (Å²) < 4.78 is 64.2. The molecule has 1 N–H and O–H groups in total. The van der Waals surface area contributed by atoms with Crippen molar-refractivity contribution < 1.29 is 22.0 Å². The number of anilines is 2. The van der Waals surface area contributed by atoms with Gasteiger partial charge in [0.15, 0.2) is 5.13 Å². The van der Waals surface area contributed by atoms with E-state index in [1.165, 1.54) is 18.2 Å². The van der Waals surface area contributed by atoms with Crippen LogP contribution >= 0.6 is 11.3 Å². The Kier molecular flexibility index (Phi) is 4.23. The minimum atomic E-state index is -4.40. The van der Waals surface area contributed by atoms with Gasteiger partial charge in [0.1, 0.15) is 11.6 Å². The largest absolute Gasteiger partial charge is 0.416 e. The molecule has 1 heterocycles. The standard InChI is InChI=1S/C16H9F5N2S/c17-10-3-6-12(13(18)7-10)14-8-24-15(23-14)22-11-4-1-9(2-5-11)16(19,20)21/h1-8H,(H,22,23). The van der Waals surface area contributed by atoms with Crippen LogP contribution in [0, 0.1) is 11.6 Å². The first kappa shape index (κ1) is 16.4. The second-order valence-corrected chi connectivity index (χ2v) is 5.72. The molecule has 2 nitrogen and oxygen atoms in total. The number of nitrogens with one attached hydrogen (secondary N) is 1. The fraction of sp³-hybridized carbons (Fsp3) is 0.0625. The van der Waals surface area contributed by atoms with E-state index in [1.807, 2.05) is 0 Å². The number of benzene rings is 2. The average Bonchev–Trinajstić information content (AvgIpc) is 2.95. The molecule has 0 spiro atoms. The molecule has 0 aliphatic carbocycles. The third-order valence-corrected chi connectivity index (χ3v) is 3.93. The van der Waals surface area contributed by atoms with Crippen molar-refractivity contribution in [3.63, 3.8) is 0 Å². The third-order valence-electron chi connectivity index (χ3n) is 3.17. The minimum absolute atomic E-state index is 0.146. The average molecular weight is 356 g/mol. The van der Waals surface area contributed by atoms with Gasteiger partial charge in [-0.3, -0.25) is 0 Å². The summed E-state index contributed by atoms with van der Waals surface area (Å²) in [6.45, 7) is 0. The smallest absolute Gasteiger partial charge is 0.332 e. The highest BCUT2D eigenvalue weighted by molar-refractivity contribution is 7.14. The van der Waals surface area contributed by atoms with E-state index in [0.29, 0.717) is 16.5 Å². The van der Waals surface area contributed by atoms with E-state index in [2.05, 4.69) is 10.3 Å². The molecule has 0 aliphatic heterocycles. The summed E-state index contributed by atoms with van der Waals surface area (Å²) in [5.74, 6) is -1.42. The van der Waals surface area contributed by atoms with Crippen molar-refractivity contribution in [2.75, 3.05) is 5.32 Å². The maximum Gasteiger partial charge on any atom is 0.416 e. The van der Waals surface area contributed by atoms with Gasteiger partial charge in [-0.25, -0.2) is 13.8 Å². The zero-order valence-corrected chi connectivity index (χ0v) is 12.7. The van der Waals surface area contributed by atoms with Crippen molar-refractivity contribution in [2.24, 2.45) is 0 Å². The van der Waals surface area contributed by atoms with Gasteiger partial charge < -0.3 is 5.32 Å². The van der Waals surface area contributed by atoms with E-state index >= 15 is 0 Å². The Bertz CT molecular complexity index is 856. The summed E-state index contributed by atoms with van der Waals surface area (Å²) in [6.07, 6.45) is -4.40. The van der Waals surface area contributed by atoms with Crippen LogP contribution < -0.4 is 5.32 Å². The van der Waals surface area contributed by atoms with Crippen molar-refractivity contribution in [1.82, 2.24) is 4.98 Å². The summed E-state index contributed by atoms with van der Waals surface area (Å²) in [7, 11) is 0. The Morgan fingerprint density at radius 1 is 0.958 bits per heavy atom. The summed E-state index contributed by atoms with van der Waals surface area (Å²) in [4.78, 5) is 4.16. The molecule has 3 aromatic rings. The lowest BCUT2D eigenvalue weighted by molar-refractivity contribution is -0.137. The van der Waals surface area contributed by atoms with Crippen LogP contribution in [-0.4, -0.2) is 4.98 Å². The van der Waals surface area contributed by atoms with E-state index in [9.17, 15) is 22.0 Å². The van der Waals surface area contributed by atoms with E-state index in [1.54, 1.807) is 5.38 Å². The van der Waals surface area contributed by atoms with Crippen molar-refractivity contribution in [2.45, 2.75) is 6.18 Å². The van der Waals surface area contributed by atoms with Crippen molar-refractivity contribution in [1.29, 1.82) is 0 Å². The van der Waals surface area contributed by atoms with Gasteiger partial charge in [-0.05, 0) is 36.4 Å². The van der Waals surface area contributed by atoms with Crippen LogP contribution in [0.25, 0.3) is 11.3 Å². The first-order valence-electron chi connectivity index (χ1n) is 6.68. The van der Waals surface area contributed by atoms with Crippen LogP contribution in [0.2, 0.25) is 0 Å². The van der Waals surface area contributed by atoms with Crippen LogP contribution in [0.1, 0.15) is 5.56 Å². The summed E-state index contributed by atoms with van der Waals surface area (Å²) in [5, 5.41) is 4.80. The molecule has 3 rings (SSSR count). The minimum Gasteiger partial charge on any atom is -0.332 e. The molecular formula is C16H9F5N2S. The van der Waals surface area contributed by atoms with Crippen LogP contribution in [-0.2, 0) is 6.18 Å². The van der Waals surface area contributed by atoms with Crippen LogP contribution in [0.3, 0.4) is 0 Å². The molecule has 1 aromatic heterocycles. The van der Waals surface area contributed by atoms with Gasteiger partial charge in [0.2, 0.25) is 0 Å². The zero-order valence-electron chi connectivity index (χ0n) is 11.9. The Morgan fingerprint density at radius 3 is 2.29 bits per heavy atom. The Hall–Kier alpha value is -2.48. The molecule has 124 valence electrons. The molecule has 0 amide bonds. The highest BCUT2D eigenvalue weighted by Crippen LogP contribution is 2.32. The van der Waals surface area contributed by atoms with Gasteiger partial charge in [-0.15, -0.1) is 11.3 Å². The molecule has 0 aliphatic rings. The van der Waals surface area contributed by atoms with Crippen molar-refractivity contribution >= 4 is 22.2 Å². The molecule has 0 radical (unpaired) electrons. The third kappa shape index (κ3) is 3.53. The quantitative estimate of drug-likeness (QED) is 0.596. The highest BCUT2D eigenvalue weighted by atomic mass is 32.1. The number of alkyl halides is 3. The van der Waals surface area contributed by atoms with Crippen LogP contribution in [0.4, 0.5) is 32.8 Å². The van der Waals surface area contributed by atoms with Gasteiger partial charge in [-0.2, -0.15) is 13.2 Å². The van der Waals surface area contributed by atoms with Gasteiger partial charge in [-0.1, -0.05) is 0 Å². The maximum absolute atomic E-state index is 13.7. The Labute approximate surface area is 137 Å². The fourth-order valence-corrected chi connectivity index (χ4v) is 2.75. The number of hydrogen-bond acceptors (Lipinski definition) is 3. The molecule has 0 bridgehead atoms. The van der Waals surface area contributed by atoms with E-state index in [0.717, 1.165) is 35.6 Å². The van der Waals surface area contributed by atoms with Crippen molar-refractivity contribution in [3.8, 4) is 11.3 Å². The fourth-order valence-electron chi connectivity index (χ4n) is 2.02. The normalized spacial score (nSPS) is 11.5.